The van der Waals surface area contributed by atoms with Gasteiger partial charge in [-0.1, -0.05) is 6.92 Å². The van der Waals surface area contributed by atoms with E-state index in [2.05, 4.69) is 6.92 Å². The van der Waals surface area contributed by atoms with Crippen LogP contribution in [0.5, 0.6) is 0 Å². The first kappa shape index (κ1) is 15.2. The van der Waals surface area contributed by atoms with E-state index in [9.17, 15) is 5.11 Å². The molecule has 2 nitrogen and oxygen atoms in total. The molecule has 1 heterocycles. The Morgan fingerprint density at radius 1 is 0.957 bits per heavy atom. The first-order chi connectivity index (χ1) is 11.0. The van der Waals surface area contributed by atoms with Gasteiger partial charge >= 0.3 is 0 Å². The molecular weight excluding hydrogens is 284 g/mol. The highest BCUT2D eigenvalue weighted by molar-refractivity contribution is 5.09. The van der Waals surface area contributed by atoms with Crippen molar-refractivity contribution in [2.45, 2.75) is 83.3 Å². The van der Waals surface area contributed by atoms with E-state index in [0.29, 0.717) is 16.9 Å². The monoisotopic (exact) mass is 318 g/mol. The minimum absolute atomic E-state index is 0.112. The predicted molar refractivity (Wildman–Crippen MR) is 91.0 cm³/mol. The number of ether oxygens (including phenoxy) is 1. The maximum atomic E-state index is 10.3. The Bertz CT molecular complexity index is 482. The van der Waals surface area contributed by atoms with Crippen LogP contribution in [0.4, 0.5) is 0 Å². The Kier molecular flexibility index (Phi) is 3.29. The van der Waals surface area contributed by atoms with Gasteiger partial charge in [0.2, 0.25) is 0 Å². The second-order valence-corrected chi connectivity index (χ2v) is 10.1. The molecule has 0 bridgehead atoms. The van der Waals surface area contributed by atoms with Crippen molar-refractivity contribution in [3.05, 3.63) is 0 Å². The summed E-state index contributed by atoms with van der Waals surface area (Å²) < 4.78 is 5.82. The van der Waals surface area contributed by atoms with Gasteiger partial charge in [-0.05, 0) is 106 Å². The topological polar surface area (TPSA) is 32.8 Å². The van der Waals surface area contributed by atoms with E-state index in [4.69, 9.17) is 4.74 Å². The fourth-order valence-electron chi connectivity index (χ4n) is 8.14. The Morgan fingerprint density at radius 2 is 1.74 bits per heavy atom. The van der Waals surface area contributed by atoms with Crippen LogP contribution in [0.3, 0.4) is 0 Å². The lowest BCUT2D eigenvalue weighted by Crippen LogP contribution is -2.50. The van der Waals surface area contributed by atoms with Gasteiger partial charge < -0.3 is 9.84 Å². The van der Waals surface area contributed by atoms with Gasteiger partial charge in [0.1, 0.15) is 0 Å². The molecule has 4 saturated carbocycles. The second kappa shape index (κ2) is 4.97. The largest absolute Gasteiger partial charge is 0.393 e. The molecule has 0 amide bonds. The maximum absolute atomic E-state index is 10.3. The normalized spacial score (nSPS) is 59.1. The summed E-state index contributed by atoms with van der Waals surface area (Å²) in [5.74, 6) is 5.38. The van der Waals surface area contributed by atoms with Crippen LogP contribution >= 0.6 is 0 Å². The molecule has 9 atom stereocenters. The first-order valence-corrected chi connectivity index (χ1v) is 10.3. The zero-order valence-electron chi connectivity index (χ0n) is 15.0. The lowest BCUT2D eigenvalue weighted by molar-refractivity contribution is -0.0837. The first-order valence-electron chi connectivity index (χ1n) is 10.3. The molecule has 0 aromatic rings. The van der Waals surface area contributed by atoms with E-state index < -0.39 is 0 Å². The van der Waals surface area contributed by atoms with Gasteiger partial charge in [-0.25, -0.2) is 0 Å². The summed E-state index contributed by atoms with van der Waals surface area (Å²) in [4.78, 5) is 0. The molecule has 0 aromatic carbocycles. The molecule has 5 rings (SSSR count). The van der Waals surface area contributed by atoms with Gasteiger partial charge in [-0.15, -0.1) is 0 Å². The summed E-state index contributed by atoms with van der Waals surface area (Å²) in [5.41, 5.74) is 0.777. The number of hydrogen-bond donors (Lipinski definition) is 1. The SMILES string of the molecule is CC(O)[C@H]1CC[C@H]2[C@@H]3CC[C@@H]4CC5(CC[C@@H]4[C@H]3CC[C@]12C)CO5. The van der Waals surface area contributed by atoms with Crippen molar-refractivity contribution in [2.75, 3.05) is 6.61 Å². The van der Waals surface area contributed by atoms with Gasteiger partial charge in [0.15, 0.2) is 0 Å². The van der Waals surface area contributed by atoms with E-state index in [1.807, 2.05) is 6.92 Å². The highest BCUT2D eigenvalue weighted by Crippen LogP contribution is 2.65. The molecule has 1 saturated heterocycles. The van der Waals surface area contributed by atoms with E-state index in [-0.39, 0.29) is 6.10 Å². The van der Waals surface area contributed by atoms with Crippen LogP contribution in [0.1, 0.15) is 71.6 Å². The molecule has 23 heavy (non-hydrogen) atoms. The van der Waals surface area contributed by atoms with Crippen molar-refractivity contribution in [1.29, 1.82) is 0 Å². The van der Waals surface area contributed by atoms with Crippen LogP contribution in [0, 0.1) is 40.9 Å². The number of rotatable bonds is 1. The second-order valence-electron chi connectivity index (χ2n) is 10.1. The number of aliphatic hydroxyl groups excluding tert-OH is 1. The van der Waals surface area contributed by atoms with Gasteiger partial charge in [0, 0.05) is 0 Å². The fourth-order valence-corrected chi connectivity index (χ4v) is 8.14. The van der Waals surface area contributed by atoms with Crippen molar-refractivity contribution in [3.8, 4) is 0 Å². The molecule has 130 valence electrons. The summed E-state index contributed by atoms with van der Waals surface area (Å²) >= 11 is 0. The third kappa shape index (κ3) is 2.13. The van der Waals surface area contributed by atoms with Crippen molar-refractivity contribution in [1.82, 2.24) is 0 Å². The van der Waals surface area contributed by atoms with Gasteiger partial charge in [-0.2, -0.15) is 0 Å². The molecule has 4 aliphatic carbocycles. The van der Waals surface area contributed by atoms with Crippen LogP contribution in [0.2, 0.25) is 0 Å². The number of fused-ring (bicyclic) bond motifs is 5. The number of epoxide rings is 1. The zero-order chi connectivity index (χ0) is 15.8. The summed E-state index contributed by atoms with van der Waals surface area (Å²) in [6.07, 6.45) is 12.4. The Hall–Kier alpha value is -0.0800. The third-order valence-corrected chi connectivity index (χ3v) is 9.29. The Morgan fingerprint density at radius 3 is 2.48 bits per heavy atom. The van der Waals surface area contributed by atoms with Crippen LogP contribution in [0.25, 0.3) is 0 Å². The molecule has 0 aromatic heterocycles. The molecule has 1 spiro atoms. The molecule has 0 radical (unpaired) electrons. The van der Waals surface area contributed by atoms with Gasteiger partial charge in [0.05, 0.1) is 18.3 Å². The summed E-state index contributed by atoms with van der Waals surface area (Å²) in [7, 11) is 0. The lowest BCUT2D eigenvalue weighted by atomic mass is 9.49. The van der Waals surface area contributed by atoms with Gasteiger partial charge in [0.25, 0.3) is 0 Å². The molecule has 5 fully saturated rings. The van der Waals surface area contributed by atoms with E-state index in [1.165, 1.54) is 57.8 Å². The summed E-state index contributed by atoms with van der Waals surface area (Å²) in [5, 5.41) is 10.3. The molecular formula is C21H34O2. The number of aliphatic hydroxyl groups is 1. The van der Waals surface area contributed by atoms with Crippen molar-refractivity contribution in [3.63, 3.8) is 0 Å². The average Bonchev–Trinajstić information content (AvgIpc) is 3.16. The molecule has 1 N–H and O–H groups in total. The predicted octanol–water partition coefficient (Wildman–Crippen LogP) is 4.41. The van der Waals surface area contributed by atoms with Crippen LogP contribution < -0.4 is 0 Å². The Balaban J connectivity index is 1.37. The Labute approximate surface area is 141 Å². The van der Waals surface area contributed by atoms with Crippen LogP contribution in [0.15, 0.2) is 0 Å². The van der Waals surface area contributed by atoms with Crippen molar-refractivity contribution in [2.24, 2.45) is 40.9 Å². The lowest BCUT2D eigenvalue weighted by Gasteiger charge is -2.56. The smallest absolute Gasteiger partial charge is 0.0919 e. The highest BCUT2D eigenvalue weighted by Gasteiger charge is 2.59. The molecule has 2 heteroatoms. The summed E-state index contributed by atoms with van der Waals surface area (Å²) in [6.45, 7) is 5.62. The average molecular weight is 319 g/mol. The molecule has 5 aliphatic rings. The van der Waals surface area contributed by atoms with E-state index in [1.54, 1.807) is 0 Å². The van der Waals surface area contributed by atoms with Gasteiger partial charge in [-0.3, -0.25) is 0 Å². The van der Waals surface area contributed by atoms with Crippen molar-refractivity contribution < 1.29 is 9.84 Å². The quantitative estimate of drug-likeness (QED) is 0.727. The highest BCUT2D eigenvalue weighted by atomic mass is 16.6. The van der Waals surface area contributed by atoms with E-state index in [0.717, 1.165) is 36.2 Å². The molecule has 2 unspecified atom stereocenters. The van der Waals surface area contributed by atoms with Crippen LogP contribution in [-0.2, 0) is 4.74 Å². The van der Waals surface area contributed by atoms with Crippen molar-refractivity contribution >= 4 is 0 Å². The third-order valence-electron chi connectivity index (χ3n) is 9.29. The summed E-state index contributed by atoms with van der Waals surface area (Å²) in [6, 6.07) is 0. The standard InChI is InChI=1S/C21H34O2/c1-13(22)18-5-6-19-17-4-3-14-11-21(12-23-21)10-8-15(14)16(17)7-9-20(18,19)2/h13-19,22H,3-12H2,1-2H3/t13?,14-,15+,16-,17-,18-,19+,20-,21?/m1/s1. The minimum atomic E-state index is -0.112. The maximum Gasteiger partial charge on any atom is 0.0919 e. The minimum Gasteiger partial charge on any atom is -0.393 e. The van der Waals surface area contributed by atoms with Crippen LogP contribution in [-0.4, -0.2) is 23.4 Å². The zero-order valence-corrected chi connectivity index (χ0v) is 15.0. The molecule has 1 aliphatic heterocycles. The fraction of sp³-hybridized carbons (Fsp3) is 1.00. The number of hydrogen-bond acceptors (Lipinski definition) is 2. The van der Waals surface area contributed by atoms with E-state index >= 15 is 0 Å².